The zero-order valence-electron chi connectivity index (χ0n) is 10.8. The number of carbonyl (C=O) groups is 1. The number of amides is 1. The number of methoxy groups -OCH3 is 1. The lowest BCUT2D eigenvalue weighted by Gasteiger charge is -2.10. The number of nitrogens with zero attached hydrogens (tertiary/aromatic N) is 1. The third kappa shape index (κ3) is 2.70. The quantitative estimate of drug-likeness (QED) is 0.896. The van der Waals surface area contributed by atoms with E-state index in [0.717, 1.165) is 0 Å². The average molecular weight is 268 g/mol. The van der Waals surface area contributed by atoms with Crippen molar-refractivity contribution in [2.45, 2.75) is 0 Å². The van der Waals surface area contributed by atoms with Crippen LogP contribution in [0.4, 0.5) is 5.69 Å². The summed E-state index contributed by atoms with van der Waals surface area (Å²) in [6, 6.07) is 13.0. The lowest BCUT2D eigenvalue weighted by atomic mass is 10.1. The minimum atomic E-state index is -0.482. The fraction of sp³-hybridized carbons (Fsp3) is 0.0667. The molecule has 0 unspecified atom stereocenters. The monoisotopic (exact) mass is 268 g/mol. The predicted octanol–water partition coefficient (Wildman–Crippen LogP) is 2.52. The zero-order valence-corrected chi connectivity index (χ0v) is 10.8. The van der Waals surface area contributed by atoms with Crippen LogP contribution in [0.5, 0.6) is 11.5 Å². The lowest BCUT2D eigenvalue weighted by molar-refractivity contribution is 0.102. The van der Waals surface area contributed by atoms with E-state index in [1.165, 1.54) is 13.2 Å². The van der Waals surface area contributed by atoms with Crippen LogP contribution in [0.2, 0.25) is 0 Å². The van der Waals surface area contributed by atoms with Crippen molar-refractivity contribution in [3.05, 3.63) is 53.6 Å². The van der Waals surface area contributed by atoms with E-state index < -0.39 is 5.91 Å². The second-order valence-electron chi connectivity index (χ2n) is 4.00. The van der Waals surface area contributed by atoms with Gasteiger partial charge in [0, 0.05) is 5.69 Å². The molecule has 0 aliphatic carbocycles. The first kappa shape index (κ1) is 13.4. The van der Waals surface area contributed by atoms with Crippen molar-refractivity contribution in [3.8, 4) is 17.6 Å². The highest BCUT2D eigenvalue weighted by atomic mass is 16.5. The van der Waals surface area contributed by atoms with Crippen LogP contribution in [-0.2, 0) is 0 Å². The number of aromatic hydroxyl groups is 1. The van der Waals surface area contributed by atoms with E-state index >= 15 is 0 Å². The van der Waals surface area contributed by atoms with Crippen molar-refractivity contribution >= 4 is 11.6 Å². The Bertz CT molecular complexity index is 673. The Labute approximate surface area is 116 Å². The van der Waals surface area contributed by atoms with Crippen LogP contribution in [0.25, 0.3) is 0 Å². The molecule has 5 heteroatoms. The van der Waals surface area contributed by atoms with Crippen molar-refractivity contribution in [2.75, 3.05) is 12.4 Å². The minimum Gasteiger partial charge on any atom is -0.507 e. The molecule has 20 heavy (non-hydrogen) atoms. The lowest BCUT2D eigenvalue weighted by Crippen LogP contribution is -2.13. The van der Waals surface area contributed by atoms with Crippen LogP contribution in [0.15, 0.2) is 42.5 Å². The van der Waals surface area contributed by atoms with Gasteiger partial charge in [0.25, 0.3) is 5.91 Å². The molecule has 1 amide bonds. The fourth-order valence-electron chi connectivity index (χ4n) is 1.74. The van der Waals surface area contributed by atoms with E-state index in [0.29, 0.717) is 11.3 Å². The summed E-state index contributed by atoms with van der Waals surface area (Å²) in [7, 11) is 1.42. The maximum Gasteiger partial charge on any atom is 0.263 e. The van der Waals surface area contributed by atoms with E-state index in [2.05, 4.69) is 5.32 Å². The van der Waals surface area contributed by atoms with Crippen molar-refractivity contribution in [2.24, 2.45) is 0 Å². The van der Waals surface area contributed by atoms with Crippen LogP contribution in [-0.4, -0.2) is 18.1 Å². The smallest absolute Gasteiger partial charge is 0.263 e. The van der Waals surface area contributed by atoms with Gasteiger partial charge in [-0.3, -0.25) is 4.79 Å². The second kappa shape index (κ2) is 5.76. The molecule has 0 aliphatic heterocycles. The van der Waals surface area contributed by atoms with E-state index in [1.54, 1.807) is 36.4 Å². The van der Waals surface area contributed by atoms with Crippen LogP contribution < -0.4 is 10.1 Å². The molecule has 0 heterocycles. The number of nitriles is 1. The molecule has 2 N–H and O–H groups in total. The van der Waals surface area contributed by atoms with Gasteiger partial charge in [-0.15, -0.1) is 0 Å². The first-order chi connectivity index (χ1) is 9.65. The number of hydrogen-bond acceptors (Lipinski definition) is 4. The largest absolute Gasteiger partial charge is 0.507 e. The van der Waals surface area contributed by atoms with Crippen LogP contribution in [0, 0.1) is 11.3 Å². The first-order valence-electron chi connectivity index (χ1n) is 5.83. The third-order valence-corrected chi connectivity index (χ3v) is 2.72. The number of anilines is 1. The zero-order chi connectivity index (χ0) is 14.5. The summed E-state index contributed by atoms with van der Waals surface area (Å²) >= 11 is 0. The second-order valence-corrected chi connectivity index (χ2v) is 4.00. The normalized spacial score (nSPS) is 9.60. The molecule has 0 radical (unpaired) electrons. The highest BCUT2D eigenvalue weighted by Crippen LogP contribution is 2.28. The Kier molecular flexibility index (Phi) is 3.87. The number of phenols is 1. The molecular formula is C15H12N2O3. The molecular weight excluding hydrogens is 256 g/mol. The summed E-state index contributed by atoms with van der Waals surface area (Å²) in [6.45, 7) is 0. The Morgan fingerprint density at radius 1 is 1.25 bits per heavy atom. The van der Waals surface area contributed by atoms with E-state index in [9.17, 15) is 9.90 Å². The Morgan fingerprint density at radius 3 is 2.55 bits per heavy atom. The van der Waals surface area contributed by atoms with Crippen molar-refractivity contribution in [3.63, 3.8) is 0 Å². The van der Waals surface area contributed by atoms with Gasteiger partial charge >= 0.3 is 0 Å². The summed E-state index contributed by atoms with van der Waals surface area (Å²) in [5, 5.41) is 21.1. The molecule has 2 aromatic carbocycles. The van der Waals surface area contributed by atoms with Gasteiger partial charge in [-0.1, -0.05) is 6.07 Å². The molecule has 5 nitrogen and oxygen atoms in total. The third-order valence-electron chi connectivity index (χ3n) is 2.72. The molecule has 0 fully saturated rings. The highest BCUT2D eigenvalue weighted by Gasteiger charge is 2.17. The molecule has 0 bridgehead atoms. The summed E-state index contributed by atoms with van der Waals surface area (Å²) in [5.41, 5.74) is 1.10. The van der Waals surface area contributed by atoms with Gasteiger partial charge in [0.15, 0.2) is 0 Å². The Morgan fingerprint density at radius 2 is 1.95 bits per heavy atom. The Hall–Kier alpha value is -3.00. The minimum absolute atomic E-state index is 0.0689. The maximum atomic E-state index is 12.2. The first-order valence-corrected chi connectivity index (χ1v) is 5.83. The van der Waals surface area contributed by atoms with Gasteiger partial charge in [-0.05, 0) is 36.4 Å². The van der Waals surface area contributed by atoms with Gasteiger partial charge in [0.1, 0.15) is 17.1 Å². The molecule has 0 saturated heterocycles. The van der Waals surface area contributed by atoms with Crippen molar-refractivity contribution in [1.29, 1.82) is 5.26 Å². The van der Waals surface area contributed by atoms with Gasteiger partial charge in [0.2, 0.25) is 0 Å². The fourth-order valence-corrected chi connectivity index (χ4v) is 1.74. The SMILES string of the molecule is COc1cccc(O)c1C(=O)Nc1ccc(C#N)cc1. The molecule has 0 aliphatic rings. The van der Waals surface area contributed by atoms with Gasteiger partial charge < -0.3 is 15.2 Å². The van der Waals surface area contributed by atoms with E-state index in [-0.39, 0.29) is 17.1 Å². The molecule has 0 aromatic heterocycles. The number of carbonyl (C=O) groups excluding carboxylic acids is 1. The molecule has 0 spiro atoms. The number of ether oxygens (including phenoxy) is 1. The van der Waals surface area contributed by atoms with Gasteiger partial charge in [0.05, 0.1) is 18.7 Å². The van der Waals surface area contributed by atoms with Gasteiger partial charge in [-0.2, -0.15) is 5.26 Å². The standard InChI is InChI=1S/C15H12N2O3/c1-20-13-4-2-3-12(18)14(13)15(19)17-11-7-5-10(9-16)6-8-11/h2-8,18H,1H3,(H,17,19). The molecule has 2 rings (SSSR count). The Balaban J connectivity index is 2.26. The highest BCUT2D eigenvalue weighted by molar-refractivity contribution is 6.08. The topological polar surface area (TPSA) is 82.3 Å². The number of benzene rings is 2. The molecule has 0 atom stereocenters. The number of rotatable bonds is 3. The molecule has 0 saturated carbocycles. The molecule has 2 aromatic rings. The molecule has 100 valence electrons. The summed E-state index contributed by atoms with van der Waals surface area (Å²) in [5.74, 6) is -0.351. The summed E-state index contributed by atoms with van der Waals surface area (Å²) < 4.78 is 5.06. The van der Waals surface area contributed by atoms with E-state index in [1.807, 2.05) is 6.07 Å². The van der Waals surface area contributed by atoms with Crippen LogP contribution >= 0.6 is 0 Å². The van der Waals surface area contributed by atoms with Gasteiger partial charge in [-0.25, -0.2) is 0 Å². The van der Waals surface area contributed by atoms with Crippen molar-refractivity contribution in [1.82, 2.24) is 0 Å². The number of nitrogens with one attached hydrogen (secondary N) is 1. The maximum absolute atomic E-state index is 12.2. The van der Waals surface area contributed by atoms with E-state index in [4.69, 9.17) is 10.00 Å². The number of hydrogen-bond donors (Lipinski definition) is 2. The van der Waals surface area contributed by atoms with Crippen LogP contribution in [0.3, 0.4) is 0 Å². The van der Waals surface area contributed by atoms with Crippen molar-refractivity contribution < 1.29 is 14.6 Å². The predicted molar refractivity (Wildman–Crippen MR) is 73.8 cm³/mol. The number of phenolic OH excluding ortho intramolecular Hbond substituents is 1. The summed E-state index contributed by atoms with van der Waals surface area (Å²) in [6.07, 6.45) is 0. The summed E-state index contributed by atoms with van der Waals surface area (Å²) in [4.78, 5) is 12.2. The van der Waals surface area contributed by atoms with Crippen LogP contribution in [0.1, 0.15) is 15.9 Å². The average Bonchev–Trinajstić information content (AvgIpc) is 2.47.